The van der Waals surface area contributed by atoms with E-state index in [9.17, 15) is 0 Å². The topological polar surface area (TPSA) is 0 Å². The number of hydrogen-bond acceptors (Lipinski definition) is 4. The largest absolute Gasteiger partial charge is 0.144 e. The fourth-order valence-electron chi connectivity index (χ4n) is 9.54. The summed E-state index contributed by atoms with van der Waals surface area (Å²) in [7, 11) is 0. The van der Waals surface area contributed by atoms with E-state index < -0.39 is 0 Å². The lowest BCUT2D eigenvalue weighted by atomic mass is 9.77. The van der Waals surface area contributed by atoms with Crippen LogP contribution in [0.4, 0.5) is 0 Å². The van der Waals surface area contributed by atoms with E-state index in [1.165, 1.54) is 114 Å². The molecule has 294 valence electrons. The third kappa shape index (κ3) is 6.49. The third-order valence-corrected chi connectivity index (χ3v) is 16.2. The van der Waals surface area contributed by atoms with Crippen LogP contribution in [0.5, 0.6) is 0 Å². The molecule has 0 radical (unpaired) electrons. The fraction of sp³-hybridized carbons (Fsp3) is 0.0345. The smallest absolute Gasteiger partial charge is 0.0373 e. The highest BCUT2D eigenvalue weighted by Gasteiger charge is 2.27. The molecule has 0 saturated carbocycles. The van der Waals surface area contributed by atoms with Crippen LogP contribution in [0, 0.1) is 0 Å². The highest BCUT2D eigenvalue weighted by Crippen LogP contribution is 2.55. The van der Waals surface area contributed by atoms with Crippen molar-refractivity contribution in [2.24, 2.45) is 0 Å². The number of thiophene rings is 3. The van der Waals surface area contributed by atoms with E-state index in [4.69, 9.17) is 0 Å². The first-order chi connectivity index (χ1) is 30.8. The molecule has 4 heteroatoms. The van der Waals surface area contributed by atoms with Crippen LogP contribution in [0.15, 0.2) is 210 Å². The van der Waals surface area contributed by atoms with Gasteiger partial charge in [0.1, 0.15) is 0 Å². The van der Waals surface area contributed by atoms with E-state index in [0.29, 0.717) is 5.25 Å². The van der Waals surface area contributed by atoms with Gasteiger partial charge in [0.15, 0.2) is 0 Å². The zero-order chi connectivity index (χ0) is 41.0. The highest BCUT2D eigenvalue weighted by molar-refractivity contribution is 8.02. The van der Waals surface area contributed by atoms with Crippen LogP contribution in [0.1, 0.15) is 17.2 Å². The first kappa shape index (κ1) is 37.5. The summed E-state index contributed by atoms with van der Waals surface area (Å²) >= 11 is 7.32. The molecule has 0 spiro atoms. The van der Waals surface area contributed by atoms with Crippen LogP contribution in [0.25, 0.3) is 108 Å². The number of allylic oxidation sites excluding steroid dienone is 1. The number of benzene rings is 8. The molecule has 12 rings (SSSR count). The molecule has 0 nitrogen and oxygen atoms in total. The van der Waals surface area contributed by atoms with Gasteiger partial charge in [-0.15, -0.1) is 45.8 Å². The van der Waals surface area contributed by atoms with Gasteiger partial charge < -0.3 is 0 Å². The van der Waals surface area contributed by atoms with Gasteiger partial charge in [0.25, 0.3) is 0 Å². The molecule has 3 aromatic heterocycles. The molecule has 1 aliphatic heterocycles. The highest BCUT2D eigenvalue weighted by atomic mass is 32.2. The van der Waals surface area contributed by atoms with Crippen LogP contribution in [0.3, 0.4) is 0 Å². The van der Waals surface area contributed by atoms with Gasteiger partial charge in [-0.25, -0.2) is 0 Å². The van der Waals surface area contributed by atoms with Crippen molar-refractivity contribution in [1.82, 2.24) is 0 Å². The molecule has 0 N–H and O–H groups in total. The van der Waals surface area contributed by atoms with Crippen molar-refractivity contribution in [3.63, 3.8) is 0 Å². The molecule has 0 aliphatic carbocycles. The average Bonchev–Trinajstić information content (AvgIpc) is 4.20. The minimum absolute atomic E-state index is 0.392. The van der Waals surface area contributed by atoms with Gasteiger partial charge in [-0.1, -0.05) is 158 Å². The molecule has 1 aliphatic rings. The zero-order valence-corrected chi connectivity index (χ0v) is 36.9. The van der Waals surface area contributed by atoms with E-state index in [1.807, 2.05) is 11.8 Å². The molecule has 0 fully saturated rings. The van der Waals surface area contributed by atoms with E-state index >= 15 is 0 Å². The maximum atomic E-state index is 2.53. The van der Waals surface area contributed by atoms with E-state index in [0.717, 1.165) is 6.42 Å². The Kier molecular flexibility index (Phi) is 9.61. The summed E-state index contributed by atoms with van der Waals surface area (Å²) in [5, 5.41) is 16.8. The quantitative estimate of drug-likeness (QED) is 0.137. The van der Waals surface area contributed by atoms with Gasteiger partial charge >= 0.3 is 0 Å². The summed E-state index contributed by atoms with van der Waals surface area (Å²) < 4.78 is 0. The van der Waals surface area contributed by atoms with Gasteiger partial charge in [0, 0.05) is 19.9 Å². The lowest BCUT2D eigenvalue weighted by molar-refractivity contribution is 0.993. The molecule has 1 atom stereocenters. The minimum atomic E-state index is 0.392. The minimum Gasteiger partial charge on any atom is -0.144 e. The van der Waals surface area contributed by atoms with Crippen LogP contribution in [-0.2, 0) is 0 Å². The monoisotopic (exact) mass is 862 g/mol. The molecular formula is C58H38S4. The molecule has 62 heavy (non-hydrogen) atoms. The van der Waals surface area contributed by atoms with Crippen molar-refractivity contribution in [3.05, 3.63) is 215 Å². The SMILES string of the molecule is C1=CSC(c2ccc3c(-c4ccc(-c5cccs5)cc4)c4c(-c5ccccc5)c5cc(-c6cccs6)ccc5c(-c5ccc(-c6cccs6)cc5)c4c(-c4ccccc4)c3c2)C1. The second-order valence-electron chi connectivity index (χ2n) is 15.9. The Bertz CT molecular complexity index is 3390. The summed E-state index contributed by atoms with van der Waals surface area (Å²) in [6.45, 7) is 0. The van der Waals surface area contributed by atoms with E-state index in [-0.39, 0.29) is 0 Å². The van der Waals surface area contributed by atoms with Gasteiger partial charge in [0.05, 0.1) is 0 Å². The Balaban J connectivity index is 1.31. The van der Waals surface area contributed by atoms with Crippen molar-refractivity contribution in [2.75, 3.05) is 0 Å². The predicted molar refractivity (Wildman–Crippen MR) is 275 cm³/mol. The van der Waals surface area contributed by atoms with Gasteiger partial charge in [-0.3, -0.25) is 0 Å². The summed E-state index contributed by atoms with van der Waals surface area (Å²) in [5.74, 6) is 0. The summed E-state index contributed by atoms with van der Waals surface area (Å²) in [6, 6.07) is 68.8. The summed E-state index contributed by atoms with van der Waals surface area (Å²) in [5.41, 5.74) is 15.1. The number of thioether (sulfide) groups is 1. The lowest BCUT2D eigenvalue weighted by Gasteiger charge is -2.26. The molecule has 0 amide bonds. The van der Waals surface area contributed by atoms with Crippen molar-refractivity contribution < 1.29 is 0 Å². The van der Waals surface area contributed by atoms with Gasteiger partial charge in [-0.05, 0) is 157 Å². The first-order valence-electron chi connectivity index (χ1n) is 21.0. The second kappa shape index (κ2) is 15.9. The van der Waals surface area contributed by atoms with E-state index in [1.54, 1.807) is 34.0 Å². The number of hydrogen-bond donors (Lipinski definition) is 0. The van der Waals surface area contributed by atoms with Gasteiger partial charge in [0.2, 0.25) is 0 Å². The van der Waals surface area contributed by atoms with Crippen molar-refractivity contribution >= 4 is 78.1 Å². The lowest BCUT2D eigenvalue weighted by Crippen LogP contribution is -1.99. The molecular weight excluding hydrogens is 825 g/mol. The molecule has 1 unspecified atom stereocenters. The Morgan fingerprint density at radius 3 is 1.23 bits per heavy atom. The van der Waals surface area contributed by atoms with E-state index in [2.05, 4.69) is 210 Å². The predicted octanol–water partition coefficient (Wildman–Crippen LogP) is 18.7. The fourth-order valence-corrected chi connectivity index (χ4v) is 12.7. The zero-order valence-electron chi connectivity index (χ0n) is 33.6. The Labute approximate surface area is 378 Å². The van der Waals surface area contributed by atoms with Crippen molar-refractivity contribution in [3.8, 4) is 75.8 Å². The third-order valence-electron chi connectivity index (χ3n) is 12.3. The van der Waals surface area contributed by atoms with Crippen LogP contribution in [0.2, 0.25) is 0 Å². The summed E-state index contributed by atoms with van der Waals surface area (Å²) in [6.07, 6.45) is 3.36. The van der Waals surface area contributed by atoms with Crippen molar-refractivity contribution in [2.45, 2.75) is 11.7 Å². The molecule has 0 saturated heterocycles. The molecule has 8 aromatic carbocycles. The van der Waals surface area contributed by atoms with Crippen LogP contribution >= 0.6 is 45.8 Å². The normalized spacial score (nSPS) is 13.8. The molecule has 0 bridgehead atoms. The Morgan fingerprint density at radius 1 is 0.339 bits per heavy atom. The average molecular weight is 863 g/mol. The van der Waals surface area contributed by atoms with Crippen LogP contribution in [-0.4, -0.2) is 0 Å². The maximum absolute atomic E-state index is 2.53. The van der Waals surface area contributed by atoms with Crippen LogP contribution < -0.4 is 0 Å². The summed E-state index contributed by atoms with van der Waals surface area (Å²) in [4.78, 5) is 3.83. The Morgan fingerprint density at radius 2 is 0.758 bits per heavy atom. The standard InChI is InChI=1S/C58H38S4/c1-3-11-39(12-4-1)55-47-35-43(51-17-9-33-61-51)27-29-45(47)54(42-25-21-38(22-26-42)50-16-8-32-60-50)58-56(40-13-5-2-6-14-40)48-36-44(52-18-10-34-62-52)28-30-46(48)53(57(55)58)41-23-19-37(20-24-41)49-15-7-31-59-49/h1-17,19-36,52H,18H2. The van der Waals surface area contributed by atoms with Crippen molar-refractivity contribution in [1.29, 1.82) is 0 Å². The molecule has 11 aromatic rings. The first-order valence-corrected chi connectivity index (χ1v) is 24.6. The maximum Gasteiger partial charge on any atom is 0.0373 e. The number of fused-ring (bicyclic) bond motifs is 3. The molecule has 4 heterocycles. The second-order valence-corrected chi connectivity index (χ2v) is 19.8. The van der Waals surface area contributed by atoms with Gasteiger partial charge in [-0.2, -0.15) is 0 Å². The number of rotatable bonds is 8. The Hall–Kier alpha value is -6.27.